The summed E-state index contributed by atoms with van der Waals surface area (Å²) in [6.07, 6.45) is 2.77. The normalized spacial score (nSPS) is 24.0. The maximum atomic E-state index is 6.11. The first kappa shape index (κ1) is 16.7. The smallest absolute Gasteiger partial charge is 0.145 e. The van der Waals surface area contributed by atoms with Gasteiger partial charge < -0.3 is 10.5 Å². The highest BCUT2D eigenvalue weighted by molar-refractivity contribution is 5.87. The van der Waals surface area contributed by atoms with E-state index >= 15 is 0 Å². The van der Waals surface area contributed by atoms with Crippen molar-refractivity contribution < 1.29 is 4.74 Å². The van der Waals surface area contributed by atoms with Crippen molar-refractivity contribution in [3.05, 3.63) is 30.1 Å². The Balaban J connectivity index is 1.37. The van der Waals surface area contributed by atoms with Gasteiger partial charge in [-0.2, -0.15) is 0 Å². The molecule has 0 bridgehead atoms. The largest absolute Gasteiger partial charge is 0.383 e. The molecule has 1 aromatic carbocycles. The quantitative estimate of drug-likeness (QED) is 0.920. The van der Waals surface area contributed by atoms with E-state index in [-0.39, 0.29) is 0 Å². The van der Waals surface area contributed by atoms with Gasteiger partial charge in [0.1, 0.15) is 11.6 Å². The fourth-order valence-corrected chi connectivity index (χ4v) is 4.04. The number of benzene rings is 1. The van der Waals surface area contributed by atoms with E-state index in [2.05, 4.69) is 26.7 Å². The molecule has 1 aromatic heterocycles. The molecule has 3 heterocycles. The molecule has 2 N–H and O–H groups in total. The lowest BCUT2D eigenvalue weighted by atomic mass is 10.0. The van der Waals surface area contributed by atoms with Crippen molar-refractivity contribution in [1.29, 1.82) is 0 Å². The van der Waals surface area contributed by atoms with Crippen LogP contribution in [0.25, 0.3) is 10.9 Å². The van der Waals surface area contributed by atoms with Gasteiger partial charge in [0.2, 0.25) is 0 Å². The van der Waals surface area contributed by atoms with Gasteiger partial charge in [0.25, 0.3) is 0 Å². The summed E-state index contributed by atoms with van der Waals surface area (Å²) in [4.78, 5) is 14.3. The van der Waals surface area contributed by atoms with Crippen LogP contribution in [0.3, 0.4) is 0 Å². The summed E-state index contributed by atoms with van der Waals surface area (Å²) in [5, 5.41) is 0.936. The lowest BCUT2D eigenvalue weighted by Crippen LogP contribution is -2.50. The standard InChI is InChI=1S/C19H27N5O/c1-14-12-24(10-11-25-14)15-6-8-23(9-7-15)13-18-21-17-5-3-2-4-16(17)19(20)22-18/h2-5,14-15H,6-13H2,1H3,(H2,20,21,22). The topological polar surface area (TPSA) is 67.5 Å². The van der Waals surface area contributed by atoms with Gasteiger partial charge in [-0.1, -0.05) is 12.1 Å². The molecular formula is C19H27N5O. The molecule has 2 saturated heterocycles. The van der Waals surface area contributed by atoms with E-state index < -0.39 is 0 Å². The Labute approximate surface area is 149 Å². The average Bonchev–Trinajstić information content (AvgIpc) is 2.62. The Kier molecular flexibility index (Phi) is 4.83. The number of nitrogens with zero attached hydrogens (tertiary/aromatic N) is 4. The van der Waals surface area contributed by atoms with Crippen molar-refractivity contribution in [2.75, 3.05) is 38.5 Å². The van der Waals surface area contributed by atoms with Crippen molar-refractivity contribution in [3.8, 4) is 0 Å². The van der Waals surface area contributed by atoms with Crippen molar-refractivity contribution in [3.63, 3.8) is 0 Å². The maximum Gasteiger partial charge on any atom is 0.145 e. The Morgan fingerprint density at radius 3 is 2.76 bits per heavy atom. The fourth-order valence-electron chi connectivity index (χ4n) is 4.04. The van der Waals surface area contributed by atoms with Crippen LogP contribution in [0.1, 0.15) is 25.6 Å². The monoisotopic (exact) mass is 341 g/mol. The number of nitrogens with two attached hydrogens (primary N) is 1. The van der Waals surface area contributed by atoms with E-state index in [0.29, 0.717) is 18.0 Å². The highest BCUT2D eigenvalue weighted by Crippen LogP contribution is 2.22. The summed E-state index contributed by atoms with van der Waals surface area (Å²) < 4.78 is 5.66. The summed E-state index contributed by atoms with van der Waals surface area (Å²) in [6, 6.07) is 8.63. The first-order valence-corrected chi connectivity index (χ1v) is 9.28. The Morgan fingerprint density at radius 1 is 1.16 bits per heavy atom. The van der Waals surface area contributed by atoms with Crippen LogP contribution in [-0.2, 0) is 11.3 Å². The van der Waals surface area contributed by atoms with Gasteiger partial charge in [-0.3, -0.25) is 9.80 Å². The number of rotatable bonds is 3. The molecule has 0 aliphatic carbocycles. The zero-order valence-electron chi connectivity index (χ0n) is 14.9. The minimum atomic E-state index is 0.362. The second-order valence-corrected chi connectivity index (χ2v) is 7.23. The lowest BCUT2D eigenvalue weighted by Gasteiger charge is -2.41. The maximum absolute atomic E-state index is 6.11. The third kappa shape index (κ3) is 3.76. The molecule has 2 aliphatic rings. The molecule has 2 aliphatic heterocycles. The first-order chi connectivity index (χ1) is 12.2. The summed E-state index contributed by atoms with van der Waals surface area (Å²) >= 11 is 0. The number of likely N-dealkylation sites (tertiary alicyclic amines) is 1. The molecule has 2 aromatic rings. The number of nitrogen functional groups attached to an aromatic ring is 1. The average molecular weight is 341 g/mol. The molecule has 6 heteroatoms. The minimum Gasteiger partial charge on any atom is -0.383 e. The van der Waals surface area contributed by atoms with Crippen LogP contribution in [-0.4, -0.2) is 64.7 Å². The van der Waals surface area contributed by atoms with Crippen LogP contribution < -0.4 is 5.73 Å². The van der Waals surface area contributed by atoms with E-state index in [1.807, 2.05) is 24.3 Å². The molecule has 134 valence electrons. The predicted molar refractivity (Wildman–Crippen MR) is 99.2 cm³/mol. The highest BCUT2D eigenvalue weighted by Gasteiger charge is 2.28. The van der Waals surface area contributed by atoms with Crippen LogP contribution in [0.15, 0.2) is 24.3 Å². The molecule has 0 spiro atoms. The summed E-state index contributed by atoms with van der Waals surface area (Å²) in [5.41, 5.74) is 7.04. The van der Waals surface area contributed by atoms with Crippen molar-refractivity contribution in [1.82, 2.24) is 19.8 Å². The number of fused-ring (bicyclic) bond motifs is 1. The summed E-state index contributed by atoms with van der Waals surface area (Å²) in [6.45, 7) is 8.13. The first-order valence-electron chi connectivity index (χ1n) is 9.28. The van der Waals surface area contributed by atoms with E-state index in [1.165, 1.54) is 12.8 Å². The lowest BCUT2D eigenvalue weighted by molar-refractivity contribution is -0.0438. The highest BCUT2D eigenvalue weighted by atomic mass is 16.5. The zero-order chi connectivity index (χ0) is 17.2. The predicted octanol–water partition coefficient (Wildman–Crippen LogP) is 1.90. The molecule has 25 heavy (non-hydrogen) atoms. The van der Waals surface area contributed by atoms with E-state index in [1.54, 1.807) is 0 Å². The third-order valence-electron chi connectivity index (χ3n) is 5.39. The van der Waals surface area contributed by atoms with E-state index in [9.17, 15) is 0 Å². The number of hydrogen-bond acceptors (Lipinski definition) is 6. The molecule has 0 radical (unpaired) electrons. The SMILES string of the molecule is CC1CN(C2CCN(Cc3nc(N)c4ccccc4n3)CC2)CCO1. The fraction of sp³-hybridized carbons (Fsp3) is 0.579. The van der Waals surface area contributed by atoms with Crippen LogP contribution in [0.2, 0.25) is 0 Å². The Morgan fingerprint density at radius 2 is 1.96 bits per heavy atom. The van der Waals surface area contributed by atoms with Crippen LogP contribution in [0.5, 0.6) is 0 Å². The number of ether oxygens (including phenoxy) is 1. The van der Waals surface area contributed by atoms with E-state index in [4.69, 9.17) is 10.5 Å². The molecule has 0 saturated carbocycles. The van der Waals surface area contributed by atoms with Gasteiger partial charge in [-0.05, 0) is 31.9 Å². The second kappa shape index (κ2) is 7.23. The van der Waals surface area contributed by atoms with Gasteiger partial charge in [-0.25, -0.2) is 9.97 Å². The molecule has 0 amide bonds. The molecule has 1 unspecified atom stereocenters. The minimum absolute atomic E-state index is 0.362. The number of piperidine rings is 1. The summed E-state index contributed by atoms with van der Waals surface area (Å²) in [5.74, 6) is 1.41. The van der Waals surface area contributed by atoms with Crippen LogP contribution >= 0.6 is 0 Å². The molecule has 4 rings (SSSR count). The third-order valence-corrected chi connectivity index (χ3v) is 5.39. The molecular weight excluding hydrogens is 314 g/mol. The summed E-state index contributed by atoms with van der Waals surface area (Å²) in [7, 11) is 0. The van der Waals surface area contributed by atoms with Gasteiger partial charge in [0, 0.05) is 37.6 Å². The zero-order valence-corrected chi connectivity index (χ0v) is 14.9. The van der Waals surface area contributed by atoms with Gasteiger partial charge in [0.15, 0.2) is 0 Å². The van der Waals surface area contributed by atoms with Gasteiger partial charge in [-0.15, -0.1) is 0 Å². The molecule has 2 fully saturated rings. The van der Waals surface area contributed by atoms with Crippen LogP contribution in [0, 0.1) is 0 Å². The molecule has 6 nitrogen and oxygen atoms in total. The van der Waals surface area contributed by atoms with Crippen molar-refractivity contribution in [2.24, 2.45) is 0 Å². The number of hydrogen-bond donors (Lipinski definition) is 1. The van der Waals surface area contributed by atoms with Crippen molar-refractivity contribution in [2.45, 2.75) is 38.5 Å². The number of anilines is 1. The second-order valence-electron chi connectivity index (χ2n) is 7.23. The van der Waals surface area contributed by atoms with Crippen molar-refractivity contribution >= 4 is 16.7 Å². The molecule has 1 atom stereocenters. The Bertz CT molecular complexity index is 729. The van der Waals surface area contributed by atoms with Crippen LogP contribution in [0.4, 0.5) is 5.82 Å². The van der Waals surface area contributed by atoms with Gasteiger partial charge >= 0.3 is 0 Å². The van der Waals surface area contributed by atoms with E-state index in [0.717, 1.165) is 56.1 Å². The number of morpholine rings is 1. The van der Waals surface area contributed by atoms with Gasteiger partial charge in [0.05, 0.1) is 24.8 Å². The number of aromatic nitrogens is 2. The number of para-hydroxylation sites is 1. The Hall–Kier alpha value is -1.76.